The van der Waals surface area contributed by atoms with Gasteiger partial charge >= 0.3 is 0 Å². The number of nitrogens with zero attached hydrogens (tertiary/aromatic N) is 3. The molecule has 4 N–H and O–H groups in total. The quantitative estimate of drug-likeness (QED) is 0.658. The topological polar surface area (TPSA) is 102 Å². The van der Waals surface area contributed by atoms with Crippen LogP contribution in [0.5, 0.6) is 0 Å². The molecule has 0 radical (unpaired) electrons. The fraction of sp³-hybridized carbons (Fsp3) is 0.222. The lowest BCUT2D eigenvalue weighted by Crippen LogP contribution is -2.23. The molecular weight excluding hydrogens is 208 g/mol. The van der Waals surface area contributed by atoms with Crippen LogP contribution in [-0.4, -0.2) is 25.9 Å². The molecule has 84 valence electrons. The van der Waals surface area contributed by atoms with Crippen molar-refractivity contribution >= 4 is 11.7 Å². The molecule has 7 heteroatoms. The van der Waals surface area contributed by atoms with E-state index in [0.717, 1.165) is 5.69 Å². The van der Waals surface area contributed by atoms with E-state index >= 15 is 0 Å². The Kier molecular flexibility index (Phi) is 2.59. The molecule has 2 heterocycles. The molecule has 0 fully saturated rings. The van der Waals surface area contributed by atoms with Gasteiger partial charge in [-0.05, 0) is 6.07 Å². The average Bonchev–Trinajstić information content (AvgIpc) is 2.84. The maximum atomic E-state index is 11.6. The van der Waals surface area contributed by atoms with Crippen molar-refractivity contribution in [2.75, 3.05) is 5.73 Å². The summed E-state index contributed by atoms with van der Waals surface area (Å²) in [6.07, 6.45) is 3.21. The summed E-state index contributed by atoms with van der Waals surface area (Å²) < 4.78 is 1.67. The van der Waals surface area contributed by atoms with Gasteiger partial charge in [-0.2, -0.15) is 10.2 Å². The lowest BCUT2D eigenvalue weighted by atomic mass is 10.3. The molecule has 0 unspecified atom stereocenters. The molecule has 0 atom stereocenters. The number of aromatic nitrogens is 4. The zero-order valence-corrected chi connectivity index (χ0v) is 8.77. The van der Waals surface area contributed by atoms with E-state index in [9.17, 15) is 4.79 Å². The molecule has 0 aliphatic carbocycles. The van der Waals surface area contributed by atoms with Gasteiger partial charge in [0.1, 0.15) is 11.4 Å². The third-order valence-electron chi connectivity index (χ3n) is 2.11. The number of carbonyl (C=O) groups excluding carboxylic acids is 1. The van der Waals surface area contributed by atoms with E-state index in [0.29, 0.717) is 12.1 Å². The zero-order valence-electron chi connectivity index (χ0n) is 8.77. The van der Waals surface area contributed by atoms with Crippen LogP contribution in [0.25, 0.3) is 0 Å². The van der Waals surface area contributed by atoms with Gasteiger partial charge in [0.15, 0.2) is 0 Å². The van der Waals surface area contributed by atoms with Gasteiger partial charge < -0.3 is 11.1 Å². The average molecular weight is 220 g/mol. The van der Waals surface area contributed by atoms with E-state index in [1.54, 1.807) is 4.68 Å². The van der Waals surface area contributed by atoms with Crippen LogP contribution in [0.15, 0.2) is 18.5 Å². The summed E-state index contributed by atoms with van der Waals surface area (Å²) in [6.45, 7) is 0.365. The fourth-order valence-corrected chi connectivity index (χ4v) is 1.30. The SMILES string of the molecule is Cn1ccc(CNC(=O)c2cn[nH]c2N)n1. The van der Waals surface area contributed by atoms with Crippen molar-refractivity contribution in [2.45, 2.75) is 6.54 Å². The lowest BCUT2D eigenvalue weighted by Gasteiger charge is -2.01. The summed E-state index contributed by atoms with van der Waals surface area (Å²) in [5.41, 5.74) is 6.65. The summed E-state index contributed by atoms with van der Waals surface area (Å²) in [5.74, 6) is -0.00424. The van der Waals surface area contributed by atoms with E-state index in [1.807, 2.05) is 19.3 Å². The maximum Gasteiger partial charge on any atom is 0.256 e. The van der Waals surface area contributed by atoms with Crippen LogP contribution in [0, 0.1) is 0 Å². The van der Waals surface area contributed by atoms with E-state index in [2.05, 4.69) is 20.6 Å². The Bertz CT molecular complexity index is 500. The zero-order chi connectivity index (χ0) is 11.5. The van der Waals surface area contributed by atoms with Crippen LogP contribution in [0.1, 0.15) is 16.1 Å². The number of carbonyl (C=O) groups is 1. The Morgan fingerprint density at radius 1 is 1.69 bits per heavy atom. The van der Waals surface area contributed by atoms with E-state index in [4.69, 9.17) is 5.73 Å². The van der Waals surface area contributed by atoms with Crippen LogP contribution in [-0.2, 0) is 13.6 Å². The van der Waals surface area contributed by atoms with Gasteiger partial charge in [-0.15, -0.1) is 0 Å². The number of H-pyrrole nitrogens is 1. The molecule has 7 nitrogen and oxygen atoms in total. The molecule has 0 bridgehead atoms. The van der Waals surface area contributed by atoms with Gasteiger partial charge in [-0.25, -0.2) is 0 Å². The molecule has 0 spiro atoms. The molecule has 0 saturated carbocycles. The standard InChI is InChI=1S/C9H12N6O/c1-15-3-2-6(14-15)4-11-9(16)7-5-12-13-8(7)10/h2-3,5H,4H2,1H3,(H,11,16)(H3,10,12,13). The van der Waals surface area contributed by atoms with E-state index in [-0.39, 0.29) is 11.7 Å². The number of anilines is 1. The maximum absolute atomic E-state index is 11.6. The highest BCUT2D eigenvalue weighted by Gasteiger charge is 2.11. The van der Waals surface area contributed by atoms with Gasteiger partial charge in [-0.3, -0.25) is 14.6 Å². The molecule has 0 aliphatic rings. The minimum Gasteiger partial charge on any atom is -0.383 e. The first-order chi connectivity index (χ1) is 7.66. The van der Waals surface area contributed by atoms with E-state index < -0.39 is 0 Å². The predicted octanol–water partition coefficient (Wildman–Crippen LogP) is -0.345. The number of nitrogen functional groups attached to an aromatic ring is 1. The summed E-state index contributed by atoms with van der Waals surface area (Å²) >= 11 is 0. The third-order valence-corrected chi connectivity index (χ3v) is 2.11. The Hall–Kier alpha value is -2.31. The minimum absolute atomic E-state index is 0.263. The highest BCUT2D eigenvalue weighted by molar-refractivity contribution is 5.97. The third kappa shape index (κ3) is 2.02. The molecule has 16 heavy (non-hydrogen) atoms. The molecule has 0 saturated heterocycles. The van der Waals surface area contributed by atoms with Crippen LogP contribution in [0.4, 0.5) is 5.82 Å². The van der Waals surface area contributed by atoms with Crippen LogP contribution < -0.4 is 11.1 Å². The molecule has 2 rings (SSSR count). The Morgan fingerprint density at radius 3 is 3.06 bits per heavy atom. The number of aromatic amines is 1. The first-order valence-corrected chi connectivity index (χ1v) is 4.72. The summed E-state index contributed by atoms with van der Waals surface area (Å²) in [7, 11) is 1.82. The van der Waals surface area contributed by atoms with Crippen molar-refractivity contribution < 1.29 is 4.79 Å². The van der Waals surface area contributed by atoms with Gasteiger partial charge in [0.05, 0.1) is 18.4 Å². The second-order valence-corrected chi connectivity index (χ2v) is 3.36. The Labute approximate surface area is 91.6 Å². The number of nitrogens with two attached hydrogens (primary N) is 1. The number of aryl methyl sites for hydroxylation is 1. The monoisotopic (exact) mass is 220 g/mol. The van der Waals surface area contributed by atoms with Crippen molar-refractivity contribution in [1.29, 1.82) is 0 Å². The number of hydrogen-bond donors (Lipinski definition) is 3. The summed E-state index contributed by atoms with van der Waals surface area (Å²) in [6, 6.07) is 1.83. The first-order valence-electron chi connectivity index (χ1n) is 4.72. The molecular formula is C9H12N6O. The normalized spacial score (nSPS) is 10.3. The first kappa shape index (κ1) is 10.2. The number of nitrogens with one attached hydrogen (secondary N) is 2. The van der Waals surface area contributed by atoms with Crippen molar-refractivity contribution in [3.8, 4) is 0 Å². The largest absolute Gasteiger partial charge is 0.383 e. The van der Waals surface area contributed by atoms with Gasteiger partial charge in [0.25, 0.3) is 5.91 Å². The highest BCUT2D eigenvalue weighted by atomic mass is 16.1. The highest BCUT2D eigenvalue weighted by Crippen LogP contribution is 2.05. The Balaban J connectivity index is 1.96. The minimum atomic E-state index is -0.267. The van der Waals surface area contributed by atoms with Crippen LogP contribution in [0.3, 0.4) is 0 Å². The predicted molar refractivity (Wildman–Crippen MR) is 57.4 cm³/mol. The van der Waals surface area contributed by atoms with Gasteiger partial charge in [-0.1, -0.05) is 0 Å². The smallest absolute Gasteiger partial charge is 0.256 e. The molecule has 2 aromatic rings. The molecule has 2 aromatic heterocycles. The summed E-state index contributed by atoms with van der Waals surface area (Å²) in [5, 5.41) is 13.0. The second kappa shape index (κ2) is 4.05. The molecule has 0 aliphatic heterocycles. The van der Waals surface area contributed by atoms with Gasteiger partial charge in [0.2, 0.25) is 0 Å². The number of amides is 1. The molecule has 0 aromatic carbocycles. The number of rotatable bonds is 3. The van der Waals surface area contributed by atoms with Crippen molar-refractivity contribution in [3.05, 3.63) is 29.7 Å². The molecule has 1 amide bonds. The van der Waals surface area contributed by atoms with Crippen LogP contribution >= 0.6 is 0 Å². The fourth-order valence-electron chi connectivity index (χ4n) is 1.30. The Morgan fingerprint density at radius 2 is 2.50 bits per heavy atom. The number of hydrogen-bond acceptors (Lipinski definition) is 4. The van der Waals surface area contributed by atoms with Crippen molar-refractivity contribution in [1.82, 2.24) is 25.3 Å². The van der Waals surface area contributed by atoms with Crippen molar-refractivity contribution in [2.24, 2.45) is 7.05 Å². The van der Waals surface area contributed by atoms with E-state index in [1.165, 1.54) is 6.20 Å². The lowest BCUT2D eigenvalue weighted by molar-refractivity contribution is 0.0951. The summed E-state index contributed by atoms with van der Waals surface area (Å²) in [4.78, 5) is 11.6. The van der Waals surface area contributed by atoms with Gasteiger partial charge in [0, 0.05) is 13.2 Å². The van der Waals surface area contributed by atoms with Crippen molar-refractivity contribution in [3.63, 3.8) is 0 Å². The van der Waals surface area contributed by atoms with Crippen LogP contribution in [0.2, 0.25) is 0 Å². The second-order valence-electron chi connectivity index (χ2n) is 3.36.